The molecule has 0 atom stereocenters. The molecule has 0 saturated carbocycles. The van der Waals surface area contributed by atoms with Crippen molar-refractivity contribution in [3.05, 3.63) is 28.2 Å². The topological polar surface area (TPSA) is 49.4 Å². The predicted octanol–water partition coefficient (Wildman–Crippen LogP) is 2.13. The summed E-state index contributed by atoms with van der Waals surface area (Å²) >= 11 is 3.34. The molecule has 1 aromatic rings. The van der Waals surface area contributed by atoms with Crippen LogP contribution in [0, 0.1) is 6.92 Å². The smallest absolute Gasteiger partial charge is 0.243 e. The molecule has 2 rings (SSSR count). The molecule has 19 heavy (non-hydrogen) atoms. The molecule has 1 aromatic carbocycles. The van der Waals surface area contributed by atoms with Gasteiger partial charge in [0.1, 0.15) is 0 Å². The van der Waals surface area contributed by atoms with E-state index >= 15 is 0 Å². The zero-order chi connectivity index (χ0) is 14.0. The van der Waals surface area contributed by atoms with Crippen LogP contribution in [-0.4, -0.2) is 38.9 Å². The van der Waals surface area contributed by atoms with Crippen LogP contribution in [0.15, 0.2) is 27.6 Å². The van der Waals surface area contributed by atoms with Gasteiger partial charge in [0.2, 0.25) is 10.0 Å². The van der Waals surface area contributed by atoms with E-state index in [9.17, 15) is 8.42 Å². The lowest BCUT2D eigenvalue weighted by Crippen LogP contribution is -2.44. The third-order valence-corrected chi connectivity index (χ3v) is 6.18. The molecular formula is C13H19BrN2O2S. The molecule has 0 aliphatic carbocycles. The number of benzene rings is 1. The Labute approximate surface area is 123 Å². The first kappa shape index (κ1) is 15.0. The van der Waals surface area contributed by atoms with Gasteiger partial charge in [-0.2, -0.15) is 4.31 Å². The van der Waals surface area contributed by atoms with Crippen molar-refractivity contribution < 1.29 is 8.42 Å². The molecule has 0 aromatic heterocycles. The van der Waals surface area contributed by atoms with Crippen molar-refractivity contribution in [1.82, 2.24) is 9.62 Å². The number of hydrogen-bond acceptors (Lipinski definition) is 3. The summed E-state index contributed by atoms with van der Waals surface area (Å²) < 4.78 is 27.7. The molecule has 1 aliphatic rings. The van der Waals surface area contributed by atoms with E-state index in [1.807, 2.05) is 19.1 Å². The fourth-order valence-corrected chi connectivity index (χ4v) is 4.55. The Morgan fingerprint density at radius 2 is 1.95 bits per heavy atom. The predicted molar refractivity (Wildman–Crippen MR) is 79.7 cm³/mol. The first-order valence-corrected chi connectivity index (χ1v) is 8.61. The zero-order valence-corrected chi connectivity index (χ0v) is 13.6. The van der Waals surface area contributed by atoms with E-state index in [4.69, 9.17) is 0 Å². The molecule has 0 spiro atoms. The molecule has 106 valence electrons. The summed E-state index contributed by atoms with van der Waals surface area (Å²) in [7, 11) is -1.73. The van der Waals surface area contributed by atoms with E-state index < -0.39 is 10.0 Å². The number of nitrogens with zero attached hydrogens (tertiary/aromatic N) is 1. The highest BCUT2D eigenvalue weighted by Gasteiger charge is 2.30. The van der Waals surface area contributed by atoms with Crippen molar-refractivity contribution in [1.29, 1.82) is 0 Å². The molecule has 6 heteroatoms. The summed E-state index contributed by atoms with van der Waals surface area (Å²) in [5, 5.41) is 3.25. The van der Waals surface area contributed by atoms with Gasteiger partial charge in [0.15, 0.2) is 0 Å². The first-order chi connectivity index (χ1) is 8.93. The van der Waals surface area contributed by atoms with Crippen LogP contribution < -0.4 is 5.32 Å². The Morgan fingerprint density at radius 3 is 2.58 bits per heavy atom. The van der Waals surface area contributed by atoms with Crippen LogP contribution in [0.4, 0.5) is 0 Å². The fourth-order valence-electron chi connectivity index (χ4n) is 2.37. The van der Waals surface area contributed by atoms with Gasteiger partial charge in [0.25, 0.3) is 0 Å². The van der Waals surface area contributed by atoms with Gasteiger partial charge in [0.05, 0.1) is 4.90 Å². The van der Waals surface area contributed by atoms with E-state index in [1.165, 1.54) is 4.31 Å². The van der Waals surface area contributed by atoms with Crippen LogP contribution in [0.1, 0.15) is 18.4 Å². The number of rotatable bonds is 3. The SMILES string of the molecule is Cc1ccc(Br)cc1S(=O)(=O)N(C)C1CCNCC1. The monoisotopic (exact) mass is 346 g/mol. The molecule has 0 amide bonds. The maximum Gasteiger partial charge on any atom is 0.243 e. The van der Waals surface area contributed by atoms with Crippen molar-refractivity contribution in [3.63, 3.8) is 0 Å². The summed E-state index contributed by atoms with van der Waals surface area (Å²) in [6.07, 6.45) is 1.73. The van der Waals surface area contributed by atoms with Crippen LogP contribution in [0.25, 0.3) is 0 Å². The van der Waals surface area contributed by atoms with Gasteiger partial charge in [-0.3, -0.25) is 0 Å². The first-order valence-electron chi connectivity index (χ1n) is 6.38. The molecule has 4 nitrogen and oxygen atoms in total. The van der Waals surface area contributed by atoms with Crippen LogP contribution in [0.2, 0.25) is 0 Å². The van der Waals surface area contributed by atoms with Crippen molar-refractivity contribution in [3.8, 4) is 0 Å². The minimum atomic E-state index is -3.42. The lowest BCUT2D eigenvalue weighted by Gasteiger charge is -2.31. The fraction of sp³-hybridized carbons (Fsp3) is 0.538. The highest BCUT2D eigenvalue weighted by atomic mass is 79.9. The highest BCUT2D eigenvalue weighted by molar-refractivity contribution is 9.10. The third kappa shape index (κ3) is 3.18. The van der Waals surface area contributed by atoms with E-state index in [0.717, 1.165) is 36.0 Å². The second-order valence-electron chi connectivity index (χ2n) is 4.91. The second kappa shape index (κ2) is 5.91. The summed E-state index contributed by atoms with van der Waals surface area (Å²) in [5.41, 5.74) is 0.781. The Morgan fingerprint density at radius 1 is 1.32 bits per heavy atom. The minimum Gasteiger partial charge on any atom is -0.317 e. The van der Waals surface area contributed by atoms with E-state index in [-0.39, 0.29) is 6.04 Å². The quantitative estimate of drug-likeness (QED) is 0.911. The van der Waals surface area contributed by atoms with Crippen molar-refractivity contribution in [2.45, 2.75) is 30.7 Å². The van der Waals surface area contributed by atoms with Crippen LogP contribution in [0.5, 0.6) is 0 Å². The van der Waals surface area contributed by atoms with Crippen LogP contribution >= 0.6 is 15.9 Å². The lowest BCUT2D eigenvalue weighted by molar-refractivity contribution is 0.296. The summed E-state index contributed by atoms with van der Waals surface area (Å²) in [6, 6.07) is 5.46. The Balaban J connectivity index is 2.33. The summed E-state index contributed by atoms with van der Waals surface area (Å²) in [4.78, 5) is 0.392. The Bertz CT molecular complexity index is 554. The molecule has 1 saturated heterocycles. The average molecular weight is 347 g/mol. The van der Waals surface area contributed by atoms with Gasteiger partial charge >= 0.3 is 0 Å². The maximum absolute atomic E-state index is 12.7. The van der Waals surface area contributed by atoms with Gasteiger partial charge in [-0.05, 0) is 50.6 Å². The molecule has 0 radical (unpaired) electrons. The normalized spacial score (nSPS) is 17.9. The van der Waals surface area contributed by atoms with Crippen molar-refractivity contribution >= 4 is 26.0 Å². The molecular weight excluding hydrogens is 328 g/mol. The van der Waals surface area contributed by atoms with Crippen LogP contribution in [-0.2, 0) is 10.0 Å². The Kier molecular flexibility index (Phi) is 4.66. The van der Waals surface area contributed by atoms with E-state index in [0.29, 0.717) is 4.90 Å². The standard InChI is InChI=1S/C13H19BrN2O2S/c1-10-3-4-11(14)9-13(10)19(17,18)16(2)12-5-7-15-8-6-12/h3-4,9,12,15H,5-8H2,1-2H3. The molecule has 0 unspecified atom stereocenters. The summed E-state index contributed by atoms with van der Waals surface area (Å²) in [5.74, 6) is 0. The molecule has 1 fully saturated rings. The van der Waals surface area contributed by atoms with E-state index in [1.54, 1.807) is 13.1 Å². The number of hydrogen-bond donors (Lipinski definition) is 1. The number of sulfonamides is 1. The molecule has 1 aliphatic heterocycles. The number of aryl methyl sites for hydroxylation is 1. The highest BCUT2D eigenvalue weighted by Crippen LogP contribution is 2.26. The Hall–Kier alpha value is -0.430. The second-order valence-corrected chi connectivity index (χ2v) is 7.79. The largest absolute Gasteiger partial charge is 0.317 e. The van der Waals surface area contributed by atoms with E-state index in [2.05, 4.69) is 21.2 Å². The van der Waals surface area contributed by atoms with Crippen molar-refractivity contribution in [2.75, 3.05) is 20.1 Å². The molecule has 0 bridgehead atoms. The van der Waals surface area contributed by atoms with Gasteiger partial charge in [-0.25, -0.2) is 8.42 Å². The average Bonchev–Trinajstić information content (AvgIpc) is 2.41. The van der Waals surface area contributed by atoms with Gasteiger partial charge in [0, 0.05) is 17.6 Å². The maximum atomic E-state index is 12.7. The van der Waals surface area contributed by atoms with Crippen molar-refractivity contribution in [2.24, 2.45) is 0 Å². The number of nitrogens with one attached hydrogen (secondary N) is 1. The number of halogens is 1. The molecule has 1 N–H and O–H groups in total. The third-order valence-electron chi connectivity index (χ3n) is 3.63. The minimum absolute atomic E-state index is 0.0876. The lowest BCUT2D eigenvalue weighted by atomic mass is 10.1. The number of piperidine rings is 1. The van der Waals surface area contributed by atoms with Gasteiger partial charge in [-0.15, -0.1) is 0 Å². The molecule has 1 heterocycles. The van der Waals surface area contributed by atoms with Crippen LogP contribution in [0.3, 0.4) is 0 Å². The zero-order valence-electron chi connectivity index (χ0n) is 11.2. The van der Waals surface area contributed by atoms with Gasteiger partial charge < -0.3 is 5.32 Å². The van der Waals surface area contributed by atoms with Gasteiger partial charge in [-0.1, -0.05) is 22.0 Å². The summed E-state index contributed by atoms with van der Waals surface area (Å²) in [6.45, 7) is 3.58.